The van der Waals surface area contributed by atoms with Crippen LogP contribution >= 0.6 is 0 Å². The predicted octanol–water partition coefficient (Wildman–Crippen LogP) is 4.76. The van der Waals surface area contributed by atoms with E-state index in [0.29, 0.717) is 12.0 Å². The molecule has 2 heterocycles. The Balaban J connectivity index is 1.49. The molecule has 2 fully saturated rings. The first-order valence-electron chi connectivity index (χ1n) is 10.7. The number of likely N-dealkylation sites (tertiary alicyclic amines) is 1. The fraction of sp³-hybridized carbons (Fsp3) is 0.522. The van der Waals surface area contributed by atoms with Crippen LogP contribution in [0.4, 0.5) is 5.82 Å². The zero-order valence-corrected chi connectivity index (χ0v) is 16.7. The number of rotatable bonds is 4. The van der Waals surface area contributed by atoms with Crippen molar-refractivity contribution in [3.8, 4) is 11.3 Å². The molecule has 0 radical (unpaired) electrons. The third kappa shape index (κ3) is 4.51. The number of benzene rings is 1. The van der Waals surface area contributed by atoms with Crippen LogP contribution in [0.3, 0.4) is 0 Å². The van der Waals surface area contributed by atoms with E-state index in [1.54, 1.807) is 6.33 Å². The van der Waals surface area contributed by atoms with Gasteiger partial charge in [0.05, 0.1) is 5.69 Å². The van der Waals surface area contributed by atoms with Crippen molar-refractivity contribution in [2.24, 2.45) is 5.92 Å². The van der Waals surface area contributed by atoms with Gasteiger partial charge in [0.2, 0.25) is 0 Å². The second-order valence-corrected chi connectivity index (χ2v) is 8.32. The molecule has 5 heteroatoms. The molecule has 1 aliphatic heterocycles. The van der Waals surface area contributed by atoms with Gasteiger partial charge in [-0.15, -0.1) is 0 Å². The van der Waals surface area contributed by atoms with Crippen LogP contribution in [0.1, 0.15) is 62.2 Å². The van der Waals surface area contributed by atoms with E-state index in [1.165, 1.54) is 32.1 Å². The van der Waals surface area contributed by atoms with Gasteiger partial charge in [0.25, 0.3) is 5.91 Å². The number of hydrogen-bond acceptors (Lipinski definition) is 4. The summed E-state index contributed by atoms with van der Waals surface area (Å²) in [4.78, 5) is 23.7. The lowest BCUT2D eigenvalue weighted by Crippen LogP contribution is -2.37. The molecular formula is C23H30N4O. The molecule has 1 saturated heterocycles. The highest BCUT2D eigenvalue weighted by Crippen LogP contribution is 2.25. The number of amides is 1. The van der Waals surface area contributed by atoms with Crippen molar-refractivity contribution in [1.82, 2.24) is 14.9 Å². The van der Waals surface area contributed by atoms with Gasteiger partial charge in [-0.1, -0.05) is 38.3 Å². The van der Waals surface area contributed by atoms with Crippen LogP contribution in [0.15, 0.2) is 36.7 Å². The van der Waals surface area contributed by atoms with Crippen LogP contribution in [0.5, 0.6) is 0 Å². The van der Waals surface area contributed by atoms with E-state index < -0.39 is 0 Å². The van der Waals surface area contributed by atoms with Crippen molar-refractivity contribution < 1.29 is 4.79 Å². The average Bonchev–Trinajstić information content (AvgIpc) is 2.75. The maximum Gasteiger partial charge on any atom is 0.253 e. The van der Waals surface area contributed by atoms with Gasteiger partial charge >= 0.3 is 0 Å². The standard InChI is InChI=1S/C23H30N4O/c1-17-10-12-27(13-11-17)23(28)19-7-5-6-18(14-19)21-15-22(25-16-24-21)26-20-8-3-2-4-9-20/h5-7,14-17,20H,2-4,8-13H2,1H3,(H,24,25,26). The van der Waals surface area contributed by atoms with Gasteiger partial charge in [-0.05, 0) is 43.7 Å². The van der Waals surface area contributed by atoms with Gasteiger partial charge in [0.1, 0.15) is 12.1 Å². The first-order chi connectivity index (χ1) is 13.7. The summed E-state index contributed by atoms with van der Waals surface area (Å²) in [7, 11) is 0. The third-order valence-corrected chi connectivity index (χ3v) is 6.10. The van der Waals surface area contributed by atoms with Crippen molar-refractivity contribution in [3.05, 3.63) is 42.2 Å². The first kappa shape index (κ1) is 18.9. The summed E-state index contributed by atoms with van der Waals surface area (Å²) in [5.41, 5.74) is 2.56. The molecule has 0 spiro atoms. The lowest BCUT2D eigenvalue weighted by molar-refractivity contribution is 0.0697. The van der Waals surface area contributed by atoms with Crippen molar-refractivity contribution in [2.45, 2.75) is 57.9 Å². The summed E-state index contributed by atoms with van der Waals surface area (Å²) in [5.74, 6) is 1.72. The zero-order chi connectivity index (χ0) is 19.3. The Morgan fingerprint density at radius 3 is 2.61 bits per heavy atom. The number of anilines is 1. The summed E-state index contributed by atoms with van der Waals surface area (Å²) in [6, 6.07) is 10.3. The van der Waals surface area contributed by atoms with E-state index in [2.05, 4.69) is 22.2 Å². The van der Waals surface area contributed by atoms with Crippen LogP contribution in [-0.4, -0.2) is 39.9 Å². The highest BCUT2D eigenvalue weighted by molar-refractivity contribution is 5.95. The molecule has 1 amide bonds. The largest absolute Gasteiger partial charge is 0.367 e. The second-order valence-electron chi connectivity index (χ2n) is 8.32. The Kier molecular flexibility index (Phi) is 5.89. The molecule has 0 unspecified atom stereocenters. The Bertz CT molecular complexity index is 808. The van der Waals surface area contributed by atoms with E-state index in [4.69, 9.17) is 0 Å². The minimum Gasteiger partial charge on any atom is -0.367 e. The van der Waals surface area contributed by atoms with Crippen LogP contribution in [0.2, 0.25) is 0 Å². The Labute approximate surface area is 167 Å². The summed E-state index contributed by atoms with van der Waals surface area (Å²) in [6.45, 7) is 3.97. The SMILES string of the molecule is CC1CCN(C(=O)c2cccc(-c3cc(NC4CCCCC4)ncn3)c2)CC1. The van der Waals surface area contributed by atoms with Gasteiger partial charge in [0, 0.05) is 36.3 Å². The van der Waals surface area contributed by atoms with Crippen LogP contribution in [-0.2, 0) is 0 Å². The fourth-order valence-electron chi connectivity index (χ4n) is 4.26. The predicted molar refractivity (Wildman–Crippen MR) is 112 cm³/mol. The highest BCUT2D eigenvalue weighted by atomic mass is 16.2. The first-order valence-corrected chi connectivity index (χ1v) is 10.7. The smallest absolute Gasteiger partial charge is 0.253 e. The summed E-state index contributed by atoms with van der Waals surface area (Å²) >= 11 is 0. The lowest BCUT2D eigenvalue weighted by atomic mass is 9.95. The third-order valence-electron chi connectivity index (χ3n) is 6.10. The average molecular weight is 379 g/mol. The Morgan fingerprint density at radius 2 is 1.82 bits per heavy atom. The van der Waals surface area contributed by atoms with Crippen LogP contribution in [0.25, 0.3) is 11.3 Å². The molecule has 1 aliphatic carbocycles. The molecular weight excluding hydrogens is 348 g/mol. The Hall–Kier alpha value is -2.43. The van der Waals surface area contributed by atoms with Gasteiger partial charge in [-0.25, -0.2) is 9.97 Å². The summed E-state index contributed by atoms with van der Waals surface area (Å²) < 4.78 is 0. The molecule has 4 rings (SSSR count). The molecule has 1 saturated carbocycles. The normalized spacial score (nSPS) is 18.8. The molecule has 1 aromatic heterocycles. The zero-order valence-electron chi connectivity index (χ0n) is 16.7. The van der Waals surface area contributed by atoms with Crippen molar-refractivity contribution in [1.29, 1.82) is 0 Å². The monoisotopic (exact) mass is 378 g/mol. The second kappa shape index (κ2) is 8.72. The van der Waals surface area contributed by atoms with E-state index in [-0.39, 0.29) is 5.91 Å². The molecule has 0 bridgehead atoms. The topological polar surface area (TPSA) is 58.1 Å². The molecule has 1 aromatic carbocycles. The molecule has 1 N–H and O–H groups in total. The summed E-state index contributed by atoms with van der Waals surface area (Å²) in [5, 5.41) is 3.56. The van der Waals surface area contributed by atoms with E-state index >= 15 is 0 Å². The maximum absolute atomic E-state index is 12.9. The minimum absolute atomic E-state index is 0.128. The molecule has 2 aliphatic rings. The molecule has 2 aromatic rings. The minimum atomic E-state index is 0.128. The van der Waals surface area contributed by atoms with E-state index in [1.807, 2.05) is 35.2 Å². The van der Waals surface area contributed by atoms with Gasteiger partial charge in [-0.3, -0.25) is 4.79 Å². The quantitative estimate of drug-likeness (QED) is 0.833. The Morgan fingerprint density at radius 1 is 1.04 bits per heavy atom. The number of aromatic nitrogens is 2. The highest BCUT2D eigenvalue weighted by Gasteiger charge is 2.21. The molecule has 148 valence electrons. The number of carbonyl (C=O) groups is 1. The fourth-order valence-corrected chi connectivity index (χ4v) is 4.26. The van der Waals surface area contributed by atoms with Gasteiger partial charge < -0.3 is 10.2 Å². The van der Waals surface area contributed by atoms with Crippen molar-refractivity contribution in [2.75, 3.05) is 18.4 Å². The lowest BCUT2D eigenvalue weighted by Gasteiger charge is -2.30. The number of hydrogen-bond donors (Lipinski definition) is 1. The molecule has 28 heavy (non-hydrogen) atoms. The molecule has 0 atom stereocenters. The van der Waals surface area contributed by atoms with Crippen molar-refractivity contribution >= 4 is 11.7 Å². The number of nitrogens with zero attached hydrogens (tertiary/aromatic N) is 3. The number of nitrogens with one attached hydrogen (secondary N) is 1. The van der Waals surface area contributed by atoms with E-state index in [0.717, 1.165) is 48.6 Å². The number of carbonyl (C=O) groups excluding carboxylic acids is 1. The molecule has 5 nitrogen and oxygen atoms in total. The van der Waals surface area contributed by atoms with E-state index in [9.17, 15) is 4.79 Å². The van der Waals surface area contributed by atoms with Gasteiger partial charge in [0.15, 0.2) is 0 Å². The van der Waals surface area contributed by atoms with Gasteiger partial charge in [-0.2, -0.15) is 0 Å². The van der Waals surface area contributed by atoms with Crippen molar-refractivity contribution in [3.63, 3.8) is 0 Å². The maximum atomic E-state index is 12.9. The van der Waals surface area contributed by atoms with Crippen LogP contribution < -0.4 is 5.32 Å². The van der Waals surface area contributed by atoms with Crippen LogP contribution in [0, 0.1) is 5.92 Å². The number of piperidine rings is 1. The summed E-state index contributed by atoms with van der Waals surface area (Å²) in [6.07, 6.45) is 10.1.